The number of rotatable bonds is 6. The third-order valence-corrected chi connectivity index (χ3v) is 4.61. The van der Waals surface area contributed by atoms with Crippen LogP contribution in [0.5, 0.6) is 0 Å². The number of carboxylic acids is 1. The first kappa shape index (κ1) is 18.4. The van der Waals surface area contributed by atoms with Gasteiger partial charge in [-0.25, -0.2) is 0 Å². The zero-order valence-electron chi connectivity index (χ0n) is 15.1. The van der Waals surface area contributed by atoms with E-state index in [9.17, 15) is 9.59 Å². The number of ether oxygens (including phenoxy) is 1. The van der Waals surface area contributed by atoms with Crippen LogP contribution in [-0.4, -0.2) is 72.7 Å². The second-order valence-electron chi connectivity index (χ2n) is 6.78. The maximum atomic E-state index is 12.9. The summed E-state index contributed by atoms with van der Waals surface area (Å²) in [5, 5.41) is 9.84. The van der Waals surface area contributed by atoms with E-state index in [2.05, 4.69) is 0 Å². The van der Waals surface area contributed by atoms with Gasteiger partial charge < -0.3 is 19.2 Å². The summed E-state index contributed by atoms with van der Waals surface area (Å²) in [7, 11) is 1.73. The predicted octanol–water partition coefficient (Wildman–Crippen LogP) is 1.78. The zero-order chi connectivity index (χ0) is 18.7. The molecule has 1 aromatic heterocycles. The highest BCUT2D eigenvalue weighted by Crippen LogP contribution is 2.26. The van der Waals surface area contributed by atoms with Crippen molar-refractivity contribution in [3.8, 4) is 0 Å². The molecule has 2 heterocycles. The predicted molar refractivity (Wildman–Crippen MR) is 96.1 cm³/mol. The SMILES string of the molecule is C[C@@H](C(=O)N1CCO[C@@H](CN(C)CC(=O)O)C1)c1cc2ccccc2o1. The van der Waals surface area contributed by atoms with Crippen LogP contribution in [0.3, 0.4) is 0 Å². The molecule has 7 heteroatoms. The quantitative estimate of drug-likeness (QED) is 0.845. The first-order chi connectivity index (χ1) is 12.4. The van der Waals surface area contributed by atoms with Crippen LogP contribution in [0.4, 0.5) is 0 Å². The zero-order valence-corrected chi connectivity index (χ0v) is 15.1. The van der Waals surface area contributed by atoms with E-state index in [0.29, 0.717) is 32.0 Å². The number of carboxylic acid groups (broad SMARTS) is 1. The normalized spacial score (nSPS) is 19.0. The van der Waals surface area contributed by atoms with E-state index in [4.69, 9.17) is 14.3 Å². The van der Waals surface area contributed by atoms with Gasteiger partial charge in [-0.3, -0.25) is 14.5 Å². The van der Waals surface area contributed by atoms with E-state index in [1.165, 1.54) is 0 Å². The molecule has 0 aliphatic carbocycles. The summed E-state index contributed by atoms with van der Waals surface area (Å²) in [5.74, 6) is -0.604. The molecule has 3 rings (SSSR count). The Morgan fingerprint density at radius 1 is 1.38 bits per heavy atom. The molecule has 140 valence electrons. The number of fused-ring (bicyclic) bond motifs is 1. The molecule has 0 unspecified atom stereocenters. The van der Waals surface area contributed by atoms with Gasteiger partial charge in [0.2, 0.25) is 5.91 Å². The number of benzene rings is 1. The number of nitrogens with zero attached hydrogens (tertiary/aromatic N) is 2. The minimum atomic E-state index is -0.880. The van der Waals surface area contributed by atoms with Crippen molar-refractivity contribution < 1.29 is 23.8 Å². The number of carbonyl (C=O) groups is 2. The van der Waals surface area contributed by atoms with Crippen LogP contribution in [0.25, 0.3) is 11.0 Å². The lowest BCUT2D eigenvalue weighted by atomic mass is 10.1. The van der Waals surface area contributed by atoms with Crippen LogP contribution in [-0.2, 0) is 14.3 Å². The molecule has 1 aliphatic rings. The van der Waals surface area contributed by atoms with Gasteiger partial charge in [-0.05, 0) is 26.1 Å². The Hall–Kier alpha value is -2.38. The van der Waals surface area contributed by atoms with Crippen LogP contribution in [0, 0.1) is 0 Å². The maximum absolute atomic E-state index is 12.9. The number of aliphatic carboxylic acids is 1. The number of hydrogen-bond acceptors (Lipinski definition) is 5. The fourth-order valence-electron chi connectivity index (χ4n) is 3.28. The number of hydrogen-bond donors (Lipinski definition) is 1. The maximum Gasteiger partial charge on any atom is 0.317 e. The van der Waals surface area contributed by atoms with Gasteiger partial charge in [-0.2, -0.15) is 0 Å². The van der Waals surface area contributed by atoms with Gasteiger partial charge in [0, 0.05) is 25.0 Å². The van der Waals surface area contributed by atoms with Gasteiger partial charge in [-0.15, -0.1) is 0 Å². The van der Waals surface area contributed by atoms with E-state index in [-0.39, 0.29) is 24.5 Å². The van der Waals surface area contributed by atoms with Crippen LogP contribution < -0.4 is 0 Å². The molecule has 2 atom stereocenters. The molecular formula is C19H24N2O5. The molecule has 1 fully saturated rings. The van der Waals surface area contributed by atoms with Gasteiger partial charge in [0.05, 0.1) is 25.2 Å². The standard InChI is InChI=1S/C19H24N2O5/c1-13(17-9-14-5-3-4-6-16(14)26-17)19(24)21-7-8-25-15(11-21)10-20(2)12-18(22)23/h3-6,9,13,15H,7-8,10-12H2,1-2H3,(H,22,23)/t13-,15+/m1/s1. The van der Waals surface area contributed by atoms with Crippen molar-refractivity contribution in [2.24, 2.45) is 0 Å². The molecule has 1 aliphatic heterocycles. The van der Waals surface area contributed by atoms with E-state index in [1.54, 1.807) is 16.8 Å². The van der Waals surface area contributed by atoms with Gasteiger partial charge in [0.25, 0.3) is 0 Å². The van der Waals surface area contributed by atoms with E-state index in [1.807, 2.05) is 37.3 Å². The molecule has 1 amide bonds. The summed E-state index contributed by atoms with van der Waals surface area (Å²) in [6.45, 7) is 3.69. The monoisotopic (exact) mass is 360 g/mol. The largest absolute Gasteiger partial charge is 0.480 e. The highest BCUT2D eigenvalue weighted by molar-refractivity contribution is 5.85. The van der Waals surface area contributed by atoms with Crippen molar-refractivity contribution in [3.05, 3.63) is 36.1 Å². The summed E-state index contributed by atoms with van der Waals surface area (Å²) in [5.41, 5.74) is 0.775. The summed E-state index contributed by atoms with van der Waals surface area (Å²) in [6.07, 6.45) is -0.195. The Balaban J connectivity index is 1.63. The van der Waals surface area contributed by atoms with E-state index < -0.39 is 5.97 Å². The summed E-state index contributed by atoms with van der Waals surface area (Å²) >= 11 is 0. The minimum absolute atomic E-state index is 0.00163. The van der Waals surface area contributed by atoms with E-state index in [0.717, 1.165) is 11.0 Å². The Morgan fingerprint density at radius 2 is 2.15 bits per heavy atom. The van der Waals surface area contributed by atoms with Crippen LogP contribution >= 0.6 is 0 Å². The van der Waals surface area contributed by atoms with Crippen molar-refractivity contribution in [2.75, 3.05) is 39.8 Å². The smallest absolute Gasteiger partial charge is 0.317 e. The lowest BCUT2D eigenvalue weighted by Crippen LogP contribution is -2.50. The lowest BCUT2D eigenvalue weighted by molar-refractivity contribution is -0.143. The first-order valence-corrected chi connectivity index (χ1v) is 8.73. The Labute approximate surface area is 152 Å². The highest BCUT2D eigenvalue weighted by atomic mass is 16.5. The molecule has 26 heavy (non-hydrogen) atoms. The molecule has 2 aromatic rings. The van der Waals surface area contributed by atoms with Gasteiger partial charge >= 0.3 is 5.97 Å². The molecule has 0 saturated carbocycles. The van der Waals surface area contributed by atoms with Crippen LogP contribution in [0.15, 0.2) is 34.7 Å². The van der Waals surface area contributed by atoms with E-state index >= 15 is 0 Å². The average Bonchev–Trinajstić information content (AvgIpc) is 3.04. The van der Waals surface area contributed by atoms with Crippen molar-refractivity contribution in [1.82, 2.24) is 9.80 Å². The molecule has 1 N–H and O–H groups in total. The summed E-state index contributed by atoms with van der Waals surface area (Å²) in [4.78, 5) is 27.1. The number of amides is 1. The van der Waals surface area contributed by atoms with Crippen molar-refractivity contribution in [3.63, 3.8) is 0 Å². The Bertz CT molecular complexity index is 754. The second kappa shape index (κ2) is 7.88. The summed E-state index contributed by atoms with van der Waals surface area (Å²) < 4.78 is 11.5. The number of morpholine rings is 1. The van der Waals surface area contributed by atoms with Gasteiger partial charge in [-0.1, -0.05) is 18.2 Å². The molecule has 0 bridgehead atoms. The minimum Gasteiger partial charge on any atom is -0.480 e. The summed E-state index contributed by atoms with van der Waals surface area (Å²) in [6, 6.07) is 9.61. The number of para-hydroxylation sites is 1. The molecule has 7 nitrogen and oxygen atoms in total. The molecule has 1 aromatic carbocycles. The lowest BCUT2D eigenvalue weighted by Gasteiger charge is -2.35. The van der Waals surface area contributed by atoms with Gasteiger partial charge in [0.15, 0.2) is 0 Å². The Morgan fingerprint density at radius 3 is 2.88 bits per heavy atom. The Kier molecular flexibility index (Phi) is 5.58. The second-order valence-corrected chi connectivity index (χ2v) is 6.78. The molecule has 1 saturated heterocycles. The first-order valence-electron chi connectivity index (χ1n) is 8.73. The fraction of sp³-hybridized carbons (Fsp3) is 0.474. The van der Waals surface area contributed by atoms with Gasteiger partial charge in [0.1, 0.15) is 11.3 Å². The van der Waals surface area contributed by atoms with Crippen molar-refractivity contribution in [1.29, 1.82) is 0 Å². The average molecular weight is 360 g/mol. The fourth-order valence-corrected chi connectivity index (χ4v) is 3.28. The number of carbonyl (C=O) groups excluding carboxylic acids is 1. The molecular weight excluding hydrogens is 336 g/mol. The highest BCUT2D eigenvalue weighted by Gasteiger charge is 2.30. The third kappa shape index (κ3) is 4.23. The van der Waals surface area contributed by atoms with Crippen molar-refractivity contribution >= 4 is 22.8 Å². The number of furan rings is 1. The third-order valence-electron chi connectivity index (χ3n) is 4.61. The molecule has 0 spiro atoms. The van der Waals surface area contributed by atoms with Crippen LogP contribution in [0.1, 0.15) is 18.6 Å². The van der Waals surface area contributed by atoms with Crippen molar-refractivity contribution in [2.45, 2.75) is 18.9 Å². The number of likely N-dealkylation sites (N-methyl/N-ethyl adjacent to an activating group) is 1. The van der Waals surface area contributed by atoms with Crippen LogP contribution in [0.2, 0.25) is 0 Å². The topological polar surface area (TPSA) is 83.2 Å². The molecule has 0 radical (unpaired) electrons.